The van der Waals surface area contributed by atoms with Crippen LogP contribution < -0.4 is 10.1 Å². The maximum atomic E-state index is 5.82. The quantitative estimate of drug-likeness (QED) is 0.552. The number of benzene rings is 1. The number of rotatable bonds is 9. The Bertz CT molecular complexity index is 435. The summed E-state index contributed by atoms with van der Waals surface area (Å²) in [7, 11) is 0. The van der Waals surface area contributed by atoms with E-state index in [1.165, 1.54) is 5.56 Å². The van der Waals surface area contributed by atoms with Gasteiger partial charge in [-0.25, -0.2) is 0 Å². The van der Waals surface area contributed by atoms with Crippen LogP contribution in [0.2, 0.25) is 0 Å². The molecular formula is C18H29NO2. The van der Waals surface area contributed by atoms with Gasteiger partial charge in [-0.05, 0) is 40.2 Å². The predicted octanol–water partition coefficient (Wildman–Crippen LogP) is 3.94. The molecule has 1 aromatic rings. The normalized spacial score (nSPS) is 11.4. The van der Waals surface area contributed by atoms with Crippen molar-refractivity contribution in [2.75, 3.05) is 19.8 Å². The summed E-state index contributed by atoms with van der Waals surface area (Å²) in [5, 5.41) is 3.48. The van der Waals surface area contributed by atoms with Crippen LogP contribution in [0.3, 0.4) is 0 Å². The fraction of sp³-hybridized carbons (Fsp3) is 0.556. The Kier molecular flexibility index (Phi) is 7.48. The average Bonchev–Trinajstić information content (AvgIpc) is 2.40. The standard InChI is InChI=1S/C18H29NO2/c1-15(2)10-11-20-12-13-21-17-9-7-6-8-16(17)14-19-18(3,4)5/h6-9,19H,1,10-14H2,2-5H3. The SMILES string of the molecule is C=C(C)CCOCCOc1ccccc1CNC(C)(C)C. The molecule has 0 saturated heterocycles. The van der Waals surface area contributed by atoms with E-state index in [1.807, 2.05) is 25.1 Å². The van der Waals surface area contributed by atoms with Crippen molar-refractivity contribution in [2.45, 2.75) is 46.2 Å². The van der Waals surface area contributed by atoms with E-state index in [0.717, 1.165) is 24.3 Å². The van der Waals surface area contributed by atoms with Gasteiger partial charge in [0.25, 0.3) is 0 Å². The van der Waals surface area contributed by atoms with Crippen LogP contribution in [0.25, 0.3) is 0 Å². The second kappa shape index (κ2) is 8.85. The van der Waals surface area contributed by atoms with Crippen molar-refractivity contribution >= 4 is 0 Å². The molecule has 0 spiro atoms. The molecule has 0 aliphatic rings. The molecule has 0 fully saturated rings. The van der Waals surface area contributed by atoms with Crippen molar-refractivity contribution in [1.29, 1.82) is 0 Å². The van der Waals surface area contributed by atoms with E-state index in [-0.39, 0.29) is 5.54 Å². The molecule has 0 unspecified atom stereocenters. The Balaban J connectivity index is 2.35. The summed E-state index contributed by atoms with van der Waals surface area (Å²) >= 11 is 0. The lowest BCUT2D eigenvalue weighted by atomic mass is 10.1. The molecule has 21 heavy (non-hydrogen) atoms. The van der Waals surface area contributed by atoms with E-state index >= 15 is 0 Å². The van der Waals surface area contributed by atoms with Crippen molar-refractivity contribution < 1.29 is 9.47 Å². The summed E-state index contributed by atoms with van der Waals surface area (Å²) in [6.45, 7) is 15.0. The first-order chi connectivity index (χ1) is 9.88. The van der Waals surface area contributed by atoms with Gasteiger partial charge in [0.2, 0.25) is 0 Å². The van der Waals surface area contributed by atoms with E-state index in [4.69, 9.17) is 9.47 Å². The molecule has 0 bridgehead atoms. The van der Waals surface area contributed by atoms with Crippen molar-refractivity contribution in [3.05, 3.63) is 42.0 Å². The Labute approximate surface area is 129 Å². The molecule has 0 aliphatic heterocycles. The topological polar surface area (TPSA) is 30.5 Å². The van der Waals surface area contributed by atoms with Crippen LogP contribution in [0.4, 0.5) is 0 Å². The predicted molar refractivity (Wildman–Crippen MR) is 88.8 cm³/mol. The molecule has 0 aromatic heterocycles. The molecule has 1 N–H and O–H groups in total. The maximum Gasteiger partial charge on any atom is 0.123 e. The van der Waals surface area contributed by atoms with Gasteiger partial charge in [-0.15, -0.1) is 6.58 Å². The molecule has 0 saturated carbocycles. The maximum absolute atomic E-state index is 5.82. The fourth-order valence-corrected chi connectivity index (χ4v) is 1.71. The Morgan fingerprint density at radius 3 is 2.52 bits per heavy atom. The van der Waals surface area contributed by atoms with Gasteiger partial charge in [0.05, 0.1) is 13.2 Å². The third-order valence-corrected chi connectivity index (χ3v) is 2.94. The molecule has 3 nitrogen and oxygen atoms in total. The average molecular weight is 291 g/mol. The third kappa shape index (κ3) is 8.53. The van der Waals surface area contributed by atoms with Crippen molar-refractivity contribution in [3.63, 3.8) is 0 Å². The molecule has 1 rings (SSSR count). The summed E-state index contributed by atoms with van der Waals surface area (Å²) in [4.78, 5) is 0. The summed E-state index contributed by atoms with van der Waals surface area (Å²) in [5.74, 6) is 0.928. The van der Waals surface area contributed by atoms with Crippen LogP contribution in [0.5, 0.6) is 5.75 Å². The van der Waals surface area contributed by atoms with Crippen LogP contribution in [-0.2, 0) is 11.3 Å². The lowest BCUT2D eigenvalue weighted by Gasteiger charge is -2.21. The molecule has 0 radical (unpaired) electrons. The molecule has 1 aromatic carbocycles. The number of para-hydroxylation sites is 1. The minimum absolute atomic E-state index is 0.0960. The number of hydrogen-bond acceptors (Lipinski definition) is 3. The molecule has 0 heterocycles. The third-order valence-electron chi connectivity index (χ3n) is 2.94. The van der Waals surface area contributed by atoms with E-state index in [9.17, 15) is 0 Å². The van der Waals surface area contributed by atoms with E-state index in [2.05, 4.69) is 38.7 Å². The second-order valence-corrected chi connectivity index (χ2v) is 6.38. The van der Waals surface area contributed by atoms with Gasteiger partial charge in [0, 0.05) is 17.6 Å². The van der Waals surface area contributed by atoms with Crippen LogP contribution in [-0.4, -0.2) is 25.4 Å². The molecule has 118 valence electrons. The lowest BCUT2D eigenvalue weighted by Crippen LogP contribution is -2.35. The molecule has 3 heteroatoms. The van der Waals surface area contributed by atoms with Gasteiger partial charge < -0.3 is 14.8 Å². The minimum Gasteiger partial charge on any atom is -0.491 e. The number of hydrogen-bond donors (Lipinski definition) is 1. The first-order valence-electron chi connectivity index (χ1n) is 7.56. The first kappa shape index (κ1) is 17.7. The number of nitrogens with one attached hydrogen (secondary N) is 1. The van der Waals surface area contributed by atoms with Gasteiger partial charge in [0.15, 0.2) is 0 Å². The Morgan fingerprint density at radius 1 is 1.14 bits per heavy atom. The first-order valence-corrected chi connectivity index (χ1v) is 7.56. The van der Waals surface area contributed by atoms with Crippen LogP contribution in [0, 0.1) is 0 Å². The Morgan fingerprint density at radius 2 is 1.86 bits per heavy atom. The van der Waals surface area contributed by atoms with Crippen molar-refractivity contribution in [3.8, 4) is 5.75 Å². The zero-order valence-corrected chi connectivity index (χ0v) is 13.9. The highest BCUT2D eigenvalue weighted by molar-refractivity contribution is 5.33. The van der Waals surface area contributed by atoms with Gasteiger partial charge in [-0.3, -0.25) is 0 Å². The Hall–Kier alpha value is -1.32. The highest BCUT2D eigenvalue weighted by atomic mass is 16.5. The van der Waals surface area contributed by atoms with Crippen LogP contribution in [0.15, 0.2) is 36.4 Å². The second-order valence-electron chi connectivity index (χ2n) is 6.38. The lowest BCUT2D eigenvalue weighted by molar-refractivity contribution is 0.102. The molecule has 0 atom stereocenters. The van der Waals surface area contributed by atoms with E-state index in [1.54, 1.807) is 0 Å². The van der Waals surface area contributed by atoms with Gasteiger partial charge in [0.1, 0.15) is 12.4 Å². The van der Waals surface area contributed by atoms with Gasteiger partial charge in [-0.2, -0.15) is 0 Å². The van der Waals surface area contributed by atoms with Crippen LogP contribution >= 0.6 is 0 Å². The zero-order valence-electron chi connectivity index (χ0n) is 13.9. The largest absolute Gasteiger partial charge is 0.491 e. The van der Waals surface area contributed by atoms with E-state index < -0.39 is 0 Å². The number of ether oxygens (including phenoxy) is 2. The highest BCUT2D eigenvalue weighted by Crippen LogP contribution is 2.18. The smallest absolute Gasteiger partial charge is 0.123 e. The zero-order chi connectivity index (χ0) is 15.7. The monoisotopic (exact) mass is 291 g/mol. The fourth-order valence-electron chi connectivity index (χ4n) is 1.71. The summed E-state index contributed by atoms with van der Waals surface area (Å²) in [6.07, 6.45) is 0.909. The summed E-state index contributed by atoms with van der Waals surface area (Å²) < 4.78 is 11.3. The summed E-state index contributed by atoms with van der Waals surface area (Å²) in [5.41, 5.74) is 2.42. The molecular weight excluding hydrogens is 262 g/mol. The molecule has 0 aliphatic carbocycles. The van der Waals surface area contributed by atoms with Crippen molar-refractivity contribution in [1.82, 2.24) is 5.32 Å². The molecule has 0 amide bonds. The minimum atomic E-state index is 0.0960. The van der Waals surface area contributed by atoms with Gasteiger partial charge >= 0.3 is 0 Å². The highest BCUT2D eigenvalue weighted by Gasteiger charge is 2.10. The summed E-state index contributed by atoms with van der Waals surface area (Å²) in [6, 6.07) is 8.14. The van der Waals surface area contributed by atoms with Crippen molar-refractivity contribution in [2.24, 2.45) is 0 Å². The van der Waals surface area contributed by atoms with Gasteiger partial charge in [-0.1, -0.05) is 23.8 Å². The van der Waals surface area contributed by atoms with E-state index in [0.29, 0.717) is 19.8 Å². The van der Waals surface area contributed by atoms with Crippen LogP contribution in [0.1, 0.15) is 39.7 Å².